The van der Waals surface area contributed by atoms with Crippen LogP contribution in [0.2, 0.25) is 0 Å². The zero-order valence-electron chi connectivity index (χ0n) is 30.6. The number of carbonyl (C=O) groups is 6. The number of fused-ring (bicyclic) bond motifs is 5. The molecule has 0 aromatic rings. The summed E-state index contributed by atoms with van der Waals surface area (Å²) < 4.78 is 17.9. The minimum Gasteiger partial charge on any atom is -0.481 e. The van der Waals surface area contributed by atoms with Crippen LogP contribution in [0.25, 0.3) is 0 Å². The van der Waals surface area contributed by atoms with Gasteiger partial charge in [-0.25, -0.2) is 4.79 Å². The van der Waals surface area contributed by atoms with Gasteiger partial charge in [-0.1, -0.05) is 38.0 Å². The SMILES string of the molecule is CC(=O)[C@]1(OC(=O)CCCC(=O)O)CC[C@@]2(O)[C@]1(C)[C@H](OC(=O)/C=C(\C)C(C)C)C[C@@H]1[C@@]3(C)CC[C@H](OC(=O)CCCC(=O)O)CC3=CC[C@]12O. The standard InChI is InChI=1S/C38H54O13/c1-22(2)23(3)19-33(46)50-28-21-27-34(5)15-14-26(49-31(44)11-7-9-29(40)41)20-25(34)13-16-36(27,47)38(48)18-17-37(24(4)39,35(28,38)6)51-32(45)12-8-10-30(42)43/h13,19,22,26-28,47-48H,7-12,14-18,20-21H2,1-6H3,(H,40,41)(H,42,43)/b23-19+/t26-,27+,28+,34-,35+,36-,37+,38+/m0/s1. The number of carbonyl (C=O) groups excluding carboxylic acids is 4. The summed E-state index contributed by atoms with van der Waals surface area (Å²) in [5.74, 6) is -5.35. The Kier molecular flexibility index (Phi) is 11.7. The molecule has 284 valence electrons. The molecule has 0 heterocycles. The second kappa shape index (κ2) is 14.8. The maximum atomic E-state index is 13.8. The maximum Gasteiger partial charge on any atom is 0.330 e. The first-order valence-corrected chi connectivity index (χ1v) is 18.1. The lowest BCUT2D eigenvalue weighted by Gasteiger charge is -2.67. The lowest BCUT2D eigenvalue weighted by molar-refractivity contribution is -0.315. The summed E-state index contributed by atoms with van der Waals surface area (Å²) in [5.41, 5.74) is -6.82. The Morgan fingerprint density at radius 1 is 0.882 bits per heavy atom. The molecule has 0 saturated heterocycles. The molecule has 13 heteroatoms. The molecule has 0 spiro atoms. The van der Waals surface area contributed by atoms with Gasteiger partial charge in [0.05, 0.1) is 5.41 Å². The van der Waals surface area contributed by atoms with E-state index in [1.54, 1.807) is 13.8 Å². The molecule has 4 rings (SSSR count). The van der Waals surface area contributed by atoms with E-state index >= 15 is 0 Å². The monoisotopic (exact) mass is 718 g/mol. The van der Waals surface area contributed by atoms with Crippen LogP contribution in [0.15, 0.2) is 23.3 Å². The third-order valence-corrected chi connectivity index (χ3v) is 12.7. The molecule has 3 saturated carbocycles. The maximum absolute atomic E-state index is 13.8. The highest BCUT2D eigenvalue weighted by Crippen LogP contribution is 2.71. The normalized spacial score (nSPS) is 35.8. The number of aliphatic carboxylic acids is 2. The lowest BCUT2D eigenvalue weighted by Crippen LogP contribution is -2.78. The molecule has 0 aliphatic heterocycles. The van der Waals surface area contributed by atoms with E-state index in [1.165, 1.54) is 13.0 Å². The summed E-state index contributed by atoms with van der Waals surface area (Å²) >= 11 is 0. The molecule has 0 amide bonds. The van der Waals surface area contributed by atoms with Gasteiger partial charge in [0.15, 0.2) is 11.4 Å². The molecule has 0 aromatic heterocycles. The number of rotatable bonds is 14. The molecule has 8 atom stereocenters. The molecule has 4 N–H and O–H groups in total. The molecule has 4 aliphatic carbocycles. The van der Waals surface area contributed by atoms with E-state index in [0.717, 1.165) is 11.1 Å². The van der Waals surface area contributed by atoms with Crippen molar-refractivity contribution in [2.75, 3.05) is 0 Å². The number of allylic oxidation sites excluding steroid dienone is 1. The molecule has 0 aromatic carbocycles. The Bertz CT molecular complexity index is 1500. The Morgan fingerprint density at radius 3 is 2.06 bits per heavy atom. The third kappa shape index (κ3) is 7.12. The van der Waals surface area contributed by atoms with Gasteiger partial charge in [0, 0.05) is 44.1 Å². The zero-order valence-corrected chi connectivity index (χ0v) is 30.6. The number of ketones is 1. The smallest absolute Gasteiger partial charge is 0.330 e. The minimum absolute atomic E-state index is 0.0209. The van der Waals surface area contributed by atoms with Crippen molar-refractivity contribution in [2.45, 2.75) is 154 Å². The molecule has 3 fully saturated rings. The topological polar surface area (TPSA) is 211 Å². The van der Waals surface area contributed by atoms with Crippen LogP contribution in [-0.4, -0.2) is 85.1 Å². The zero-order chi connectivity index (χ0) is 38.2. The quantitative estimate of drug-likeness (QED) is 0.0839. The summed E-state index contributed by atoms with van der Waals surface area (Å²) in [4.78, 5) is 75.0. The molecule has 0 bridgehead atoms. The molecule has 0 radical (unpaired) electrons. The van der Waals surface area contributed by atoms with Crippen molar-refractivity contribution in [3.05, 3.63) is 23.3 Å². The molecular weight excluding hydrogens is 664 g/mol. The average molecular weight is 719 g/mol. The number of Topliss-reactive ketones (excluding diaryl/α,β-unsaturated/α-hetero) is 1. The largest absolute Gasteiger partial charge is 0.481 e. The van der Waals surface area contributed by atoms with Crippen molar-refractivity contribution in [3.8, 4) is 0 Å². The Morgan fingerprint density at radius 2 is 1.49 bits per heavy atom. The Hall–Kier alpha value is -3.58. The number of esters is 3. The van der Waals surface area contributed by atoms with E-state index in [4.69, 9.17) is 24.4 Å². The van der Waals surface area contributed by atoms with E-state index in [2.05, 4.69) is 0 Å². The lowest BCUT2D eigenvalue weighted by atomic mass is 9.42. The van der Waals surface area contributed by atoms with Crippen molar-refractivity contribution in [1.82, 2.24) is 0 Å². The van der Waals surface area contributed by atoms with Crippen molar-refractivity contribution in [1.29, 1.82) is 0 Å². The van der Waals surface area contributed by atoms with Crippen LogP contribution >= 0.6 is 0 Å². The van der Waals surface area contributed by atoms with Crippen molar-refractivity contribution in [3.63, 3.8) is 0 Å². The fourth-order valence-electron chi connectivity index (χ4n) is 9.45. The highest BCUT2D eigenvalue weighted by Gasteiger charge is 2.83. The first-order valence-electron chi connectivity index (χ1n) is 18.1. The second-order valence-electron chi connectivity index (χ2n) is 15.8. The summed E-state index contributed by atoms with van der Waals surface area (Å²) in [6.07, 6.45) is 1.90. The number of ether oxygens (including phenoxy) is 3. The second-order valence-corrected chi connectivity index (χ2v) is 15.8. The number of hydrogen-bond acceptors (Lipinski definition) is 11. The highest BCUT2D eigenvalue weighted by atomic mass is 16.6. The molecular formula is C38H54O13. The van der Waals surface area contributed by atoms with Gasteiger partial charge in [-0.15, -0.1) is 0 Å². The number of carboxylic acid groups (broad SMARTS) is 2. The minimum atomic E-state index is -2.09. The van der Waals surface area contributed by atoms with Crippen LogP contribution < -0.4 is 0 Å². The Balaban J connectivity index is 1.74. The molecule has 4 aliphatic rings. The van der Waals surface area contributed by atoms with Gasteiger partial charge in [-0.3, -0.25) is 24.0 Å². The van der Waals surface area contributed by atoms with Gasteiger partial charge in [-0.05, 0) is 83.5 Å². The number of carboxylic acids is 2. The number of hydrogen-bond donors (Lipinski definition) is 4. The molecule has 51 heavy (non-hydrogen) atoms. The van der Waals surface area contributed by atoms with Crippen LogP contribution in [0.3, 0.4) is 0 Å². The van der Waals surface area contributed by atoms with Gasteiger partial charge < -0.3 is 34.6 Å². The first-order chi connectivity index (χ1) is 23.7. The predicted octanol–water partition coefficient (Wildman–Crippen LogP) is 4.60. The van der Waals surface area contributed by atoms with Gasteiger partial charge in [0.2, 0.25) is 0 Å². The van der Waals surface area contributed by atoms with Crippen LogP contribution in [0.5, 0.6) is 0 Å². The van der Waals surface area contributed by atoms with E-state index in [1.807, 2.05) is 26.8 Å². The average Bonchev–Trinajstić information content (AvgIpc) is 3.27. The summed E-state index contributed by atoms with van der Waals surface area (Å²) in [7, 11) is 0. The summed E-state index contributed by atoms with van der Waals surface area (Å²) in [5, 5.41) is 43.8. The van der Waals surface area contributed by atoms with Gasteiger partial charge in [0.1, 0.15) is 23.4 Å². The van der Waals surface area contributed by atoms with Crippen LogP contribution in [0.1, 0.15) is 125 Å². The van der Waals surface area contributed by atoms with E-state index in [-0.39, 0.29) is 70.1 Å². The summed E-state index contributed by atoms with van der Waals surface area (Å²) in [6.45, 7) is 10.4. The summed E-state index contributed by atoms with van der Waals surface area (Å²) in [6, 6.07) is 0. The fourth-order valence-corrected chi connectivity index (χ4v) is 9.45. The van der Waals surface area contributed by atoms with Gasteiger partial charge >= 0.3 is 29.8 Å². The van der Waals surface area contributed by atoms with E-state index in [9.17, 15) is 39.0 Å². The predicted molar refractivity (Wildman–Crippen MR) is 181 cm³/mol. The van der Waals surface area contributed by atoms with Crippen LogP contribution in [0.4, 0.5) is 0 Å². The van der Waals surface area contributed by atoms with Crippen molar-refractivity contribution < 1.29 is 63.4 Å². The van der Waals surface area contributed by atoms with Crippen molar-refractivity contribution in [2.24, 2.45) is 22.7 Å². The van der Waals surface area contributed by atoms with E-state index < -0.39 is 81.4 Å². The number of aliphatic hydroxyl groups is 2. The van der Waals surface area contributed by atoms with Crippen LogP contribution in [-0.2, 0) is 43.0 Å². The fraction of sp³-hybridized carbons (Fsp3) is 0.737. The third-order valence-electron chi connectivity index (χ3n) is 12.7. The molecule has 13 nitrogen and oxygen atoms in total. The van der Waals surface area contributed by atoms with E-state index in [0.29, 0.717) is 19.3 Å². The van der Waals surface area contributed by atoms with Gasteiger partial charge in [0.25, 0.3) is 0 Å². The van der Waals surface area contributed by atoms with Crippen LogP contribution in [0, 0.1) is 22.7 Å². The Labute approximate surface area is 298 Å². The highest BCUT2D eigenvalue weighted by molar-refractivity contribution is 5.90. The van der Waals surface area contributed by atoms with Crippen molar-refractivity contribution >= 4 is 35.6 Å². The first kappa shape index (κ1) is 40.2. The molecule has 0 unspecified atom stereocenters. The van der Waals surface area contributed by atoms with Gasteiger partial charge in [-0.2, -0.15) is 0 Å².